The van der Waals surface area contributed by atoms with Gasteiger partial charge in [0.2, 0.25) is 5.91 Å². The van der Waals surface area contributed by atoms with Crippen molar-refractivity contribution < 1.29 is 4.79 Å². The van der Waals surface area contributed by atoms with Crippen molar-refractivity contribution in [1.29, 1.82) is 0 Å². The summed E-state index contributed by atoms with van der Waals surface area (Å²) in [6, 6.07) is 0.459. The lowest BCUT2D eigenvalue weighted by molar-refractivity contribution is -0.128. The molecule has 2 aliphatic heterocycles. The van der Waals surface area contributed by atoms with E-state index < -0.39 is 0 Å². The van der Waals surface area contributed by atoms with Gasteiger partial charge in [-0.15, -0.1) is 0 Å². The van der Waals surface area contributed by atoms with Crippen LogP contribution in [0.5, 0.6) is 0 Å². The van der Waals surface area contributed by atoms with Crippen molar-refractivity contribution in [1.82, 2.24) is 15.5 Å². The molecule has 0 bridgehead atoms. The van der Waals surface area contributed by atoms with Crippen molar-refractivity contribution in [2.75, 3.05) is 19.6 Å². The number of hydrogen-bond donors (Lipinski definition) is 2. The topological polar surface area (TPSA) is 44.4 Å². The molecular weight excluding hydrogens is 250 g/mol. The van der Waals surface area contributed by atoms with Gasteiger partial charge in [-0.1, -0.05) is 25.8 Å². The van der Waals surface area contributed by atoms with E-state index in [9.17, 15) is 4.79 Å². The molecule has 0 aromatic carbocycles. The number of amides is 1. The Kier molecular flexibility index (Phi) is 4.41. The van der Waals surface area contributed by atoms with Crippen LogP contribution >= 0.6 is 0 Å². The van der Waals surface area contributed by atoms with E-state index in [4.69, 9.17) is 0 Å². The average molecular weight is 277 g/mol. The third kappa shape index (κ3) is 2.91. The van der Waals surface area contributed by atoms with Gasteiger partial charge in [-0.05, 0) is 37.2 Å². The maximum Gasteiger partial charge on any atom is 0.246 e. The highest BCUT2D eigenvalue weighted by molar-refractivity contribution is 5.87. The summed E-state index contributed by atoms with van der Waals surface area (Å²) in [4.78, 5) is 13.7. The van der Waals surface area contributed by atoms with Crippen molar-refractivity contribution >= 4 is 5.91 Å². The van der Waals surface area contributed by atoms with Crippen molar-refractivity contribution in [2.24, 2.45) is 11.8 Å². The first kappa shape index (κ1) is 14.1. The SMILES string of the molecule is C=CC(=O)N1CCC2CNC(C3CCCCC3)NC2C1. The van der Waals surface area contributed by atoms with Crippen molar-refractivity contribution in [3.05, 3.63) is 12.7 Å². The van der Waals surface area contributed by atoms with Crippen LogP contribution in [-0.2, 0) is 4.79 Å². The van der Waals surface area contributed by atoms with Crippen molar-refractivity contribution in [3.63, 3.8) is 0 Å². The van der Waals surface area contributed by atoms with E-state index in [1.807, 2.05) is 4.90 Å². The van der Waals surface area contributed by atoms with E-state index >= 15 is 0 Å². The summed E-state index contributed by atoms with van der Waals surface area (Å²) < 4.78 is 0. The van der Waals surface area contributed by atoms with Crippen molar-refractivity contribution in [2.45, 2.75) is 50.7 Å². The number of carbonyl (C=O) groups is 1. The molecular formula is C16H27N3O. The molecule has 20 heavy (non-hydrogen) atoms. The molecule has 0 radical (unpaired) electrons. The Balaban J connectivity index is 1.59. The normalized spacial score (nSPS) is 35.4. The number of nitrogens with zero attached hydrogens (tertiary/aromatic N) is 1. The molecule has 2 heterocycles. The van der Waals surface area contributed by atoms with Crippen LogP contribution in [0.4, 0.5) is 0 Å². The molecule has 3 fully saturated rings. The summed E-state index contributed by atoms with van der Waals surface area (Å²) in [6.45, 7) is 6.44. The molecule has 0 aromatic rings. The Morgan fingerprint density at radius 2 is 1.95 bits per heavy atom. The Labute approximate surface area is 122 Å². The minimum Gasteiger partial charge on any atom is -0.338 e. The smallest absolute Gasteiger partial charge is 0.246 e. The van der Waals surface area contributed by atoms with Crippen LogP contribution in [0.25, 0.3) is 0 Å². The van der Waals surface area contributed by atoms with Crippen LogP contribution in [-0.4, -0.2) is 42.6 Å². The summed E-state index contributed by atoms with van der Waals surface area (Å²) in [5.74, 6) is 1.52. The highest BCUT2D eigenvalue weighted by Gasteiger charge is 2.37. The molecule has 0 aromatic heterocycles. The molecule has 3 unspecified atom stereocenters. The number of hydrogen-bond acceptors (Lipinski definition) is 3. The fourth-order valence-corrected chi connectivity index (χ4v) is 4.10. The highest BCUT2D eigenvalue weighted by Crippen LogP contribution is 2.29. The number of piperidine rings is 1. The Morgan fingerprint density at radius 3 is 2.70 bits per heavy atom. The number of carbonyl (C=O) groups excluding carboxylic acids is 1. The lowest BCUT2D eigenvalue weighted by Gasteiger charge is -2.47. The first-order valence-electron chi connectivity index (χ1n) is 8.18. The minimum absolute atomic E-state index is 0.0815. The number of fused-ring (bicyclic) bond motifs is 1. The number of rotatable bonds is 2. The lowest BCUT2D eigenvalue weighted by Crippen LogP contribution is -2.66. The van der Waals surface area contributed by atoms with Gasteiger partial charge in [0.1, 0.15) is 0 Å². The Bertz CT molecular complexity index is 365. The molecule has 3 rings (SSSR count). The van der Waals surface area contributed by atoms with Gasteiger partial charge in [0.25, 0.3) is 0 Å². The van der Waals surface area contributed by atoms with Crippen LogP contribution in [0.2, 0.25) is 0 Å². The second-order valence-electron chi connectivity index (χ2n) is 6.59. The summed E-state index contributed by atoms with van der Waals surface area (Å²) in [6.07, 6.45) is 9.84. The maximum atomic E-state index is 11.8. The second kappa shape index (κ2) is 6.27. The van der Waals surface area contributed by atoms with Gasteiger partial charge in [-0.3, -0.25) is 10.1 Å². The summed E-state index contributed by atoms with van der Waals surface area (Å²) in [5.41, 5.74) is 0. The quantitative estimate of drug-likeness (QED) is 0.752. The predicted octanol–water partition coefficient (Wildman–Crippen LogP) is 1.49. The van der Waals surface area contributed by atoms with Gasteiger partial charge in [0.15, 0.2) is 0 Å². The fourth-order valence-electron chi connectivity index (χ4n) is 4.10. The predicted molar refractivity (Wildman–Crippen MR) is 80.2 cm³/mol. The molecule has 4 heteroatoms. The average Bonchev–Trinajstić information content (AvgIpc) is 2.54. The molecule has 1 amide bonds. The van der Waals surface area contributed by atoms with Gasteiger partial charge >= 0.3 is 0 Å². The van der Waals surface area contributed by atoms with E-state index in [1.165, 1.54) is 38.2 Å². The largest absolute Gasteiger partial charge is 0.338 e. The van der Waals surface area contributed by atoms with Crippen LogP contribution < -0.4 is 10.6 Å². The monoisotopic (exact) mass is 277 g/mol. The Morgan fingerprint density at radius 1 is 1.15 bits per heavy atom. The van der Waals surface area contributed by atoms with Crippen LogP contribution in [0.15, 0.2) is 12.7 Å². The Hall–Kier alpha value is -0.870. The number of nitrogens with one attached hydrogen (secondary N) is 2. The molecule has 112 valence electrons. The van der Waals surface area contributed by atoms with Gasteiger partial charge < -0.3 is 10.2 Å². The summed E-state index contributed by atoms with van der Waals surface area (Å²) in [5, 5.41) is 7.51. The number of likely N-dealkylation sites (tertiary alicyclic amines) is 1. The molecule has 4 nitrogen and oxygen atoms in total. The van der Waals surface area contributed by atoms with E-state index in [0.29, 0.717) is 18.1 Å². The lowest BCUT2D eigenvalue weighted by atomic mass is 9.83. The molecule has 2 saturated heterocycles. The first-order chi connectivity index (χ1) is 9.78. The highest BCUT2D eigenvalue weighted by atomic mass is 16.2. The van der Waals surface area contributed by atoms with Gasteiger partial charge in [0, 0.05) is 25.7 Å². The molecule has 2 N–H and O–H groups in total. The van der Waals surface area contributed by atoms with E-state index in [0.717, 1.165) is 32.0 Å². The van der Waals surface area contributed by atoms with E-state index in [-0.39, 0.29) is 5.91 Å². The third-order valence-electron chi connectivity index (χ3n) is 5.36. The van der Waals surface area contributed by atoms with Crippen LogP contribution in [0.3, 0.4) is 0 Å². The molecule has 0 spiro atoms. The fraction of sp³-hybridized carbons (Fsp3) is 0.812. The third-order valence-corrected chi connectivity index (χ3v) is 5.36. The molecule has 3 atom stereocenters. The molecule has 3 aliphatic rings. The minimum atomic E-state index is 0.0815. The van der Waals surface area contributed by atoms with Crippen LogP contribution in [0.1, 0.15) is 38.5 Å². The second-order valence-corrected chi connectivity index (χ2v) is 6.59. The zero-order valence-electron chi connectivity index (χ0n) is 12.3. The summed E-state index contributed by atoms with van der Waals surface area (Å²) in [7, 11) is 0. The standard InChI is InChI=1S/C16H27N3O/c1-2-15(20)19-9-8-13-10-17-16(18-14(13)11-19)12-6-4-3-5-7-12/h2,12-14,16-18H,1,3-11H2. The van der Waals surface area contributed by atoms with Crippen LogP contribution in [0, 0.1) is 11.8 Å². The zero-order valence-corrected chi connectivity index (χ0v) is 12.3. The van der Waals surface area contributed by atoms with E-state index in [1.54, 1.807) is 0 Å². The van der Waals surface area contributed by atoms with Gasteiger partial charge in [-0.25, -0.2) is 0 Å². The molecule has 1 saturated carbocycles. The zero-order chi connectivity index (χ0) is 13.9. The summed E-state index contributed by atoms with van der Waals surface area (Å²) >= 11 is 0. The first-order valence-corrected chi connectivity index (χ1v) is 8.18. The maximum absolute atomic E-state index is 11.8. The van der Waals surface area contributed by atoms with Gasteiger partial charge in [-0.2, -0.15) is 0 Å². The van der Waals surface area contributed by atoms with E-state index in [2.05, 4.69) is 17.2 Å². The van der Waals surface area contributed by atoms with Gasteiger partial charge in [0.05, 0.1) is 6.17 Å². The van der Waals surface area contributed by atoms with Crippen molar-refractivity contribution in [3.8, 4) is 0 Å². The molecule has 1 aliphatic carbocycles.